The zero-order valence-corrected chi connectivity index (χ0v) is 13.4. The Morgan fingerprint density at radius 2 is 1.96 bits per heavy atom. The first-order chi connectivity index (χ1) is 11.5. The summed E-state index contributed by atoms with van der Waals surface area (Å²) in [6.45, 7) is 0. The maximum atomic E-state index is 12.9. The van der Waals surface area contributed by atoms with Gasteiger partial charge in [-0.25, -0.2) is 13.2 Å². The third-order valence-electron chi connectivity index (χ3n) is 3.66. The number of rotatable bonds is 3. The van der Waals surface area contributed by atoms with E-state index >= 15 is 0 Å². The SMILES string of the molecule is O=C(O)N1C=COC(C2=C(S(=O)(=O)c3ccccc3)C=CCC2)=C1. The molecule has 0 spiro atoms. The van der Waals surface area contributed by atoms with E-state index in [1.807, 2.05) is 0 Å². The van der Waals surface area contributed by atoms with Gasteiger partial charge in [0.25, 0.3) is 0 Å². The monoisotopic (exact) mass is 345 g/mol. The van der Waals surface area contributed by atoms with E-state index < -0.39 is 15.9 Å². The summed E-state index contributed by atoms with van der Waals surface area (Å²) in [5.41, 5.74) is 0.469. The highest BCUT2D eigenvalue weighted by Crippen LogP contribution is 2.34. The minimum Gasteiger partial charge on any atom is -0.464 e. The Kier molecular flexibility index (Phi) is 4.26. The van der Waals surface area contributed by atoms with Gasteiger partial charge in [-0.05, 0) is 31.1 Å². The molecular formula is C17H15NO5S. The number of sulfone groups is 1. The standard InChI is InChI=1S/C17H15NO5S/c19-17(20)18-10-11-23-15(12-18)14-8-4-5-9-16(14)24(21,22)13-6-2-1-3-7-13/h1-3,5-7,9-12H,4,8H2,(H,19,20). The van der Waals surface area contributed by atoms with Gasteiger partial charge in [-0.1, -0.05) is 24.3 Å². The second kappa shape index (κ2) is 6.37. The molecule has 1 aromatic rings. The Morgan fingerprint density at radius 3 is 2.67 bits per heavy atom. The van der Waals surface area contributed by atoms with E-state index in [4.69, 9.17) is 9.84 Å². The number of allylic oxidation sites excluding steroid dienone is 3. The van der Waals surface area contributed by atoms with Crippen LogP contribution in [0.25, 0.3) is 0 Å². The molecule has 1 aromatic carbocycles. The van der Waals surface area contributed by atoms with Crippen LogP contribution in [0.1, 0.15) is 12.8 Å². The van der Waals surface area contributed by atoms with Gasteiger partial charge in [-0.3, -0.25) is 4.90 Å². The summed E-state index contributed by atoms with van der Waals surface area (Å²) < 4.78 is 31.2. The number of hydrogen-bond acceptors (Lipinski definition) is 4. The lowest BCUT2D eigenvalue weighted by molar-refractivity contribution is 0.170. The van der Waals surface area contributed by atoms with Crippen LogP contribution in [0.5, 0.6) is 0 Å². The van der Waals surface area contributed by atoms with E-state index in [1.165, 1.54) is 30.8 Å². The van der Waals surface area contributed by atoms with Crippen LogP contribution in [0.2, 0.25) is 0 Å². The van der Waals surface area contributed by atoms with Gasteiger partial charge >= 0.3 is 6.09 Å². The lowest BCUT2D eigenvalue weighted by Crippen LogP contribution is -2.21. The largest absolute Gasteiger partial charge is 0.464 e. The van der Waals surface area contributed by atoms with Gasteiger partial charge in [0.2, 0.25) is 9.84 Å². The van der Waals surface area contributed by atoms with Crippen LogP contribution in [-0.2, 0) is 14.6 Å². The van der Waals surface area contributed by atoms with Gasteiger partial charge in [0.05, 0.1) is 22.2 Å². The molecule has 0 saturated heterocycles. The Balaban J connectivity index is 2.10. The van der Waals surface area contributed by atoms with Crippen molar-refractivity contribution in [3.63, 3.8) is 0 Å². The molecule has 0 bridgehead atoms. The summed E-state index contributed by atoms with van der Waals surface area (Å²) in [6, 6.07) is 8.12. The molecule has 1 amide bonds. The van der Waals surface area contributed by atoms with Crippen LogP contribution >= 0.6 is 0 Å². The highest BCUT2D eigenvalue weighted by atomic mass is 32.2. The van der Waals surface area contributed by atoms with Gasteiger partial charge in [0.15, 0.2) is 0 Å². The molecule has 124 valence electrons. The minimum atomic E-state index is -3.72. The van der Waals surface area contributed by atoms with E-state index in [0.29, 0.717) is 18.4 Å². The van der Waals surface area contributed by atoms with Crippen molar-refractivity contribution in [3.05, 3.63) is 77.4 Å². The van der Waals surface area contributed by atoms with Crippen molar-refractivity contribution in [3.8, 4) is 0 Å². The molecule has 0 atom stereocenters. The van der Waals surface area contributed by atoms with Gasteiger partial charge in [0.1, 0.15) is 12.0 Å². The first-order valence-corrected chi connectivity index (χ1v) is 8.75. The Hall–Kier alpha value is -2.80. The highest BCUT2D eigenvalue weighted by Gasteiger charge is 2.27. The molecule has 24 heavy (non-hydrogen) atoms. The fraction of sp³-hybridized carbons (Fsp3) is 0.118. The van der Waals surface area contributed by atoms with Crippen molar-refractivity contribution in [1.82, 2.24) is 4.90 Å². The fourth-order valence-electron chi connectivity index (χ4n) is 2.50. The maximum Gasteiger partial charge on any atom is 0.415 e. The fourth-order valence-corrected chi connectivity index (χ4v) is 4.07. The molecule has 0 radical (unpaired) electrons. The smallest absolute Gasteiger partial charge is 0.415 e. The zero-order valence-electron chi connectivity index (χ0n) is 12.6. The van der Waals surface area contributed by atoms with E-state index in [9.17, 15) is 13.2 Å². The lowest BCUT2D eigenvalue weighted by atomic mass is 10.0. The summed E-state index contributed by atoms with van der Waals surface area (Å²) in [4.78, 5) is 12.4. The second-order valence-corrected chi connectivity index (χ2v) is 7.10. The van der Waals surface area contributed by atoms with E-state index in [2.05, 4.69) is 0 Å². The lowest BCUT2D eigenvalue weighted by Gasteiger charge is -2.22. The molecule has 0 aromatic heterocycles. The van der Waals surface area contributed by atoms with Gasteiger partial charge in [-0.2, -0.15) is 0 Å². The van der Waals surface area contributed by atoms with Crippen LogP contribution in [0.15, 0.2) is 82.3 Å². The molecule has 6 nitrogen and oxygen atoms in total. The molecule has 0 unspecified atom stereocenters. The van der Waals surface area contributed by atoms with Gasteiger partial charge < -0.3 is 9.84 Å². The third-order valence-corrected chi connectivity index (χ3v) is 5.52. The molecule has 1 aliphatic carbocycles. The first-order valence-electron chi connectivity index (χ1n) is 7.27. The number of carbonyl (C=O) groups is 1. The van der Waals surface area contributed by atoms with Crippen LogP contribution in [0, 0.1) is 0 Å². The van der Waals surface area contributed by atoms with Crippen LogP contribution in [0.3, 0.4) is 0 Å². The quantitative estimate of drug-likeness (QED) is 0.908. The predicted octanol–water partition coefficient (Wildman–Crippen LogP) is 3.39. The summed E-state index contributed by atoms with van der Waals surface area (Å²) in [5.74, 6) is 0.221. The average molecular weight is 345 g/mol. The molecule has 1 aliphatic heterocycles. The zero-order chi connectivity index (χ0) is 17.2. The summed E-state index contributed by atoms with van der Waals surface area (Å²) in [6.07, 6.45) is 7.01. The van der Waals surface area contributed by atoms with Gasteiger partial charge in [-0.15, -0.1) is 0 Å². The van der Waals surface area contributed by atoms with Crippen molar-refractivity contribution in [1.29, 1.82) is 0 Å². The summed E-state index contributed by atoms with van der Waals surface area (Å²) >= 11 is 0. The molecular weight excluding hydrogens is 330 g/mol. The maximum absolute atomic E-state index is 12.9. The molecule has 1 heterocycles. The highest BCUT2D eigenvalue weighted by molar-refractivity contribution is 7.95. The van der Waals surface area contributed by atoms with Crippen molar-refractivity contribution < 1.29 is 23.1 Å². The van der Waals surface area contributed by atoms with E-state index in [-0.39, 0.29) is 15.6 Å². The number of ether oxygens (including phenoxy) is 1. The number of nitrogens with zero attached hydrogens (tertiary/aromatic N) is 1. The van der Waals surface area contributed by atoms with Gasteiger partial charge in [0, 0.05) is 5.57 Å². The third kappa shape index (κ3) is 2.98. The molecule has 3 rings (SSSR count). The minimum absolute atomic E-state index is 0.131. The number of carboxylic acid groups (broad SMARTS) is 1. The normalized spacial score (nSPS) is 17.5. The predicted molar refractivity (Wildman–Crippen MR) is 87.2 cm³/mol. The number of hydrogen-bond donors (Lipinski definition) is 1. The molecule has 0 saturated carbocycles. The van der Waals surface area contributed by atoms with Crippen LogP contribution in [0.4, 0.5) is 4.79 Å². The summed E-state index contributed by atoms with van der Waals surface area (Å²) in [7, 11) is -3.72. The Labute approximate surface area is 139 Å². The van der Waals surface area contributed by atoms with Crippen molar-refractivity contribution in [2.24, 2.45) is 0 Å². The van der Waals surface area contributed by atoms with Crippen molar-refractivity contribution in [2.75, 3.05) is 0 Å². The molecule has 1 N–H and O–H groups in total. The van der Waals surface area contributed by atoms with Crippen molar-refractivity contribution in [2.45, 2.75) is 17.7 Å². The Morgan fingerprint density at radius 1 is 1.21 bits per heavy atom. The van der Waals surface area contributed by atoms with E-state index in [1.54, 1.807) is 30.4 Å². The van der Waals surface area contributed by atoms with Crippen LogP contribution < -0.4 is 0 Å². The first kappa shape index (κ1) is 16.1. The average Bonchev–Trinajstić information content (AvgIpc) is 2.62. The van der Waals surface area contributed by atoms with E-state index in [0.717, 1.165) is 4.90 Å². The molecule has 0 fully saturated rings. The molecule has 2 aliphatic rings. The van der Waals surface area contributed by atoms with Crippen LogP contribution in [-0.4, -0.2) is 24.5 Å². The summed E-state index contributed by atoms with van der Waals surface area (Å²) in [5, 5.41) is 9.08. The molecule has 7 heteroatoms. The Bertz CT molecular complexity index is 879. The topological polar surface area (TPSA) is 83.9 Å². The second-order valence-electron chi connectivity index (χ2n) is 5.19. The van der Waals surface area contributed by atoms with Crippen molar-refractivity contribution >= 4 is 15.9 Å². The number of benzene rings is 1. The number of amides is 1.